The van der Waals surface area contributed by atoms with Crippen LogP contribution in [-0.2, 0) is 4.79 Å². The predicted octanol–water partition coefficient (Wildman–Crippen LogP) is 2.34. The van der Waals surface area contributed by atoms with E-state index in [1.807, 2.05) is 45.5 Å². The number of anilines is 1. The maximum Gasteiger partial charge on any atom is 0.263 e. The van der Waals surface area contributed by atoms with Gasteiger partial charge in [-0.25, -0.2) is 4.98 Å². The van der Waals surface area contributed by atoms with Gasteiger partial charge in [0.2, 0.25) is 5.91 Å². The lowest BCUT2D eigenvalue weighted by atomic mass is 9.96. The molecule has 2 saturated heterocycles. The summed E-state index contributed by atoms with van der Waals surface area (Å²) in [7, 11) is 0. The minimum Gasteiger partial charge on any atom is -0.353 e. The quantitative estimate of drug-likeness (QED) is 0.815. The van der Waals surface area contributed by atoms with E-state index in [1.165, 1.54) is 11.3 Å². The molecule has 2 aliphatic rings. The van der Waals surface area contributed by atoms with Crippen molar-refractivity contribution < 1.29 is 9.59 Å². The maximum absolute atomic E-state index is 13.0. The first-order valence-corrected chi connectivity index (χ1v) is 10.4. The molecule has 2 aromatic heterocycles. The van der Waals surface area contributed by atoms with Gasteiger partial charge >= 0.3 is 0 Å². The van der Waals surface area contributed by atoms with Crippen LogP contribution in [0.5, 0.6) is 0 Å². The number of thiophene rings is 1. The molecule has 0 aromatic carbocycles. The van der Waals surface area contributed by atoms with Crippen molar-refractivity contribution >= 4 is 29.0 Å². The molecule has 2 fully saturated rings. The van der Waals surface area contributed by atoms with Crippen LogP contribution in [0.1, 0.15) is 22.5 Å². The maximum atomic E-state index is 13.0. The molecule has 0 bridgehead atoms. The Labute approximate surface area is 163 Å². The molecule has 27 heavy (non-hydrogen) atoms. The number of rotatable bonds is 3. The Kier molecular flexibility index (Phi) is 5.38. The summed E-state index contributed by atoms with van der Waals surface area (Å²) in [5, 5.41) is 1.92. The Bertz CT molecular complexity index is 773. The lowest BCUT2D eigenvalue weighted by molar-refractivity contribution is -0.137. The first-order chi connectivity index (χ1) is 13.2. The number of amides is 2. The molecule has 0 saturated carbocycles. The minimum atomic E-state index is -0.0796. The van der Waals surface area contributed by atoms with E-state index in [4.69, 9.17) is 0 Å². The molecule has 0 spiro atoms. The van der Waals surface area contributed by atoms with E-state index in [-0.39, 0.29) is 17.7 Å². The number of nitrogens with zero attached hydrogens (tertiary/aromatic N) is 4. The van der Waals surface area contributed by atoms with Crippen molar-refractivity contribution in [1.29, 1.82) is 0 Å². The monoisotopic (exact) mass is 384 g/mol. The van der Waals surface area contributed by atoms with Crippen LogP contribution >= 0.6 is 11.3 Å². The number of carbonyl (C=O) groups excluding carboxylic acids is 2. The van der Waals surface area contributed by atoms with Crippen molar-refractivity contribution in [2.45, 2.75) is 12.8 Å². The fourth-order valence-electron chi connectivity index (χ4n) is 3.87. The van der Waals surface area contributed by atoms with E-state index >= 15 is 0 Å². The zero-order chi connectivity index (χ0) is 18.6. The zero-order valence-corrected chi connectivity index (χ0v) is 16.1. The van der Waals surface area contributed by atoms with Crippen molar-refractivity contribution in [2.75, 3.05) is 44.2 Å². The van der Waals surface area contributed by atoms with Gasteiger partial charge in [-0.15, -0.1) is 11.3 Å². The van der Waals surface area contributed by atoms with E-state index in [0.717, 1.165) is 43.2 Å². The lowest BCUT2D eigenvalue weighted by Crippen LogP contribution is -2.53. The van der Waals surface area contributed by atoms with Crippen LogP contribution in [0.3, 0.4) is 0 Å². The second-order valence-electron chi connectivity index (χ2n) is 7.07. The highest BCUT2D eigenvalue weighted by Gasteiger charge is 2.33. The van der Waals surface area contributed by atoms with Crippen LogP contribution in [0.4, 0.5) is 5.82 Å². The Morgan fingerprint density at radius 2 is 1.85 bits per heavy atom. The minimum absolute atomic E-state index is 0.0578. The van der Waals surface area contributed by atoms with Gasteiger partial charge in [-0.3, -0.25) is 9.59 Å². The third-order valence-electron chi connectivity index (χ3n) is 5.35. The number of piperazine rings is 1. The van der Waals surface area contributed by atoms with Gasteiger partial charge in [-0.05, 0) is 36.4 Å². The zero-order valence-electron chi connectivity index (χ0n) is 15.3. The molecule has 2 aliphatic heterocycles. The van der Waals surface area contributed by atoms with E-state index in [0.29, 0.717) is 19.6 Å². The van der Waals surface area contributed by atoms with Crippen LogP contribution in [0, 0.1) is 5.92 Å². The molecule has 142 valence electrons. The summed E-state index contributed by atoms with van der Waals surface area (Å²) < 4.78 is 0. The van der Waals surface area contributed by atoms with Crippen molar-refractivity contribution in [3.63, 3.8) is 0 Å². The third kappa shape index (κ3) is 3.98. The summed E-state index contributed by atoms with van der Waals surface area (Å²) in [5.74, 6) is 1.14. The van der Waals surface area contributed by atoms with Gasteiger partial charge in [0.25, 0.3) is 5.91 Å². The van der Waals surface area contributed by atoms with Gasteiger partial charge in [0.1, 0.15) is 5.82 Å². The molecule has 4 rings (SSSR count). The molecule has 0 N–H and O–H groups in total. The van der Waals surface area contributed by atoms with E-state index < -0.39 is 0 Å². The summed E-state index contributed by atoms with van der Waals surface area (Å²) in [6.07, 6.45) is 3.56. The number of carbonyl (C=O) groups is 2. The number of pyridine rings is 1. The Morgan fingerprint density at radius 1 is 1.00 bits per heavy atom. The van der Waals surface area contributed by atoms with Crippen LogP contribution in [0.25, 0.3) is 0 Å². The number of likely N-dealkylation sites (tertiary alicyclic amines) is 1. The van der Waals surface area contributed by atoms with Crippen molar-refractivity contribution in [3.05, 3.63) is 46.8 Å². The molecular weight excluding hydrogens is 360 g/mol. The number of hydrogen-bond acceptors (Lipinski definition) is 5. The van der Waals surface area contributed by atoms with E-state index in [2.05, 4.69) is 9.88 Å². The molecule has 2 amide bonds. The highest BCUT2D eigenvalue weighted by atomic mass is 32.1. The van der Waals surface area contributed by atoms with Crippen molar-refractivity contribution in [1.82, 2.24) is 14.8 Å². The summed E-state index contributed by atoms with van der Waals surface area (Å²) in [6, 6.07) is 9.66. The fourth-order valence-corrected chi connectivity index (χ4v) is 4.56. The van der Waals surface area contributed by atoms with Crippen LogP contribution in [-0.4, -0.2) is 65.9 Å². The molecule has 2 aromatic rings. The SMILES string of the molecule is O=C(c1cccs1)N1CCCC(C(=O)N2CCN(c3ccccn3)CC2)C1. The molecular formula is C20H24N4O2S. The van der Waals surface area contributed by atoms with Crippen LogP contribution < -0.4 is 4.90 Å². The standard InChI is InChI=1S/C20H24N4O2S/c25-19(23-12-10-22(11-13-23)18-7-1-2-8-21-18)16-5-3-9-24(15-16)20(26)17-6-4-14-27-17/h1-2,4,6-8,14,16H,3,5,9-13,15H2. The Balaban J connectivity index is 1.34. The van der Waals surface area contributed by atoms with Gasteiger partial charge in [-0.2, -0.15) is 0 Å². The van der Waals surface area contributed by atoms with Gasteiger partial charge in [-0.1, -0.05) is 12.1 Å². The topological polar surface area (TPSA) is 56.8 Å². The Morgan fingerprint density at radius 3 is 2.56 bits per heavy atom. The van der Waals surface area contributed by atoms with E-state index in [1.54, 1.807) is 6.20 Å². The summed E-state index contributed by atoms with van der Waals surface area (Å²) in [5.41, 5.74) is 0. The number of aromatic nitrogens is 1. The third-order valence-corrected chi connectivity index (χ3v) is 6.21. The van der Waals surface area contributed by atoms with Gasteiger partial charge < -0.3 is 14.7 Å². The lowest BCUT2D eigenvalue weighted by Gasteiger charge is -2.39. The first kappa shape index (κ1) is 18.0. The average Bonchev–Trinajstić information content (AvgIpc) is 3.28. The molecule has 6 nitrogen and oxygen atoms in total. The summed E-state index contributed by atoms with van der Waals surface area (Å²) in [4.78, 5) is 36.8. The van der Waals surface area contributed by atoms with Gasteiger partial charge in [0, 0.05) is 45.5 Å². The molecule has 0 radical (unpaired) electrons. The predicted molar refractivity (Wildman–Crippen MR) is 106 cm³/mol. The normalized spacial score (nSPS) is 20.6. The van der Waals surface area contributed by atoms with Crippen LogP contribution in [0.15, 0.2) is 41.9 Å². The van der Waals surface area contributed by atoms with E-state index in [9.17, 15) is 9.59 Å². The molecule has 0 aliphatic carbocycles. The van der Waals surface area contributed by atoms with Crippen molar-refractivity contribution in [2.24, 2.45) is 5.92 Å². The van der Waals surface area contributed by atoms with Gasteiger partial charge in [0.05, 0.1) is 10.8 Å². The number of hydrogen-bond donors (Lipinski definition) is 0. The fraction of sp³-hybridized carbons (Fsp3) is 0.450. The second kappa shape index (κ2) is 8.08. The smallest absolute Gasteiger partial charge is 0.263 e. The molecule has 1 atom stereocenters. The largest absolute Gasteiger partial charge is 0.353 e. The summed E-state index contributed by atoms with van der Waals surface area (Å²) >= 11 is 1.46. The molecule has 7 heteroatoms. The van der Waals surface area contributed by atoms with Crippen molar-refractivity contribution in [3.8, 4) is 0 Å². The molecule has 1 unspecified atom stereocenters. The molecule has 4 heterocycles. The highest BCUT2D eigenvalue weighted by molar-refractivity contribution is 7.12. The van der Waals surface area contributed by atoms with Gasteiger partial charge in [0.15, 0.2) is 0 Å². The Hall–Kier alpha value is -2.41. The summed E-state index contributed by atoms with van der Waals surface area (Å²) in [6.45, 7) is 4.31. The first-order valence-electron chi connectivity index (χ1n) is 9.50. The highest BCUT2D eigenvalue weighted by Crippen LogP contribution is 2.23. The average molecular weight is 385 g/mol. The van der Waals surface area contributed by atoms with Crippen LogP contribution in [0.2, 0.25) is 0 Å². The second-order valence-corrected chi connectivity index (χ2v) is 8.02. The number of piperidine rings is 1.